The largest absolute Gasteiger partial charge is 0.350 e. The van der Waals surface area contributed by atoms with Crippen molar-refractivity contribution in [1.29, 1.82) is 0 Å². The monoisotopic (exact) mass is 238 g/mol. The Morgan fingerprint density at radius 1 is 1.00 bits per heavy atom. The molecule has 0 amide bonds. The fourth-order valence-corrected chi connectivity index (χ4v) is 2.13. The summed E-state index contributed by atoms with van der Waals surface area (Å²) in [4.78, 5) is 7.32. The average Bonchev–Trinajstić information content (AvgIpc) is 2.39. The zero-order valence-electron chi connectivity index (χ0n) is 9.05. The van der Waals surface area contributed by atoms with Gasteiger partial charge in [-0.05, 0) is 16.8 Å². The lowest BCUT2D eigenvalue weighted by molar-refractivity contribution is 1.19. The lowest BCUT2D eigenvalue weighted by atomic mass is 10.1. The molecule has 82 valence electrons. The molecule has 0 aliphatic rings. The maximum Gasteiger partial charge on any atom is 0.129 e. The highest BCUT2D eigenvalue weighted by atomic mass is 32.1. The van der Waals surface area contributed by atoms with Crippen molar-refractivity contribution in [2.45, 2.75) is 0 Å². The number of aromatic amines is 1. The van der Waals surface area contributed by atoms with Gasteiger partial charge in [-0.1, -0.05) is 48.6 Å². The standard InChI is InChI=1S/C14H10N2S/c17-14-13(15-7-8-16-14)12-6-5-10-3-1-2-4-11(10)9-12/h1-9H,(H,16,17). The molecule has 3 rings (SSSR count). The maximum absolute atomic E-state index is 5.24. The third-order valence-corrected chi connectivity index (χ3v) is 3.04. The third-order valence-electron chi connectivity index (χ3n) is 2.73. The summed E-state index contributed by atoms with van der Waals surface area (Å²) in [7, 11) is 0. The highest BCUT2D eigenvalue weighted by molar-refractivity contribution is 7.71. The van der Waals surface area contributed by atoms with Crippen molar-refractivity contribution >= 4 is 23.0 Å². The van der Waals surface area contributed by atoms with Gasteiger partial charge in [0.15, 0.2) is 0 Å². The van der Waals surface area contributed by atoms with E-state index in [2.05, 4.69) is 34.2 Å². The number of rotatable bonds is 1. The Balaban J connectivity index is 2.25. The van der Waals surface area contributed by atoms with Crippen molar-refractivity contribution in [3.8, 4) is 11.3 Å². The molecule has 3 aromatic rings. The highest BCUT2D eigenvalue weighted by Gasteiger charge is 2.02. The first-order chi connectivity index (χ1) is 8.34. The molecule has 1 heterocycles. The van der Waals surface area contributed by atoms with E-state index in [-0.39, 0.29) is 0 Å². The Kier molecular flexibility index (Phi) is 2.46. The van der Waals surface area contributed by atoms with Crippen LogP contribution in [-0.2, 0) is 0 Å². The average molecular weight is 238 g/mol. The van der Waals surface area contributed by atoms with Gasteiger partial charge in [0, 0.05) is 18.0 Å². The topological polar surface area (TPSA) is 28.7 Å². The predicted molar refractivity (Wildman–Crippen MR) is 72.4 cm³/mol. The SMILES string of the molecule is S=c1[nH]ccnc1-c1ccc2ccccc2c1. The van der Waals surface area contributed by atoms with E-state index < -0.39 is 0 Å². The molecular weight excluding hydrogens is 228 g/mol. The number of fused-ring (bicyclic) bond motifs is 1. The number of aromatic nitrogens is 2. The summed E-state index contributed by atoms with van der Waals surface area (Å²) >= 11 is 5.24. The molecule has 0 spiro atoms. The van der Waals surface area contributed by atoms with Crippen molar-refractivity contribution in [1.82, 2.24) is 9.97 Å². The van der Waals surface area contributed by atoms with Gasteiger partial charge in [-0.25, -0.2) is 0 Å². The van der Waals surface area contributed by atoms with Crippen LogP contribution < -0.4 is 0 Å². The van der Waals surface area contributed by atoms with Gasteiger partial charge in [-0.15, -0.1) is 0 Å². The molecule has 0 unspecified atom stereocenters. The first kappa shape index (κ1) is 10.2. The Bertz CT molecular complexity index is 731. The van der Waals surface area contributed by atoms with Gasteiger partial charge in [-0.2, -0.15) is 0 Å². The quantitative estimate of drug-likeness (QED) is 0.650. The Labute approximate surface area is 104 Å². The second kappa shape index (κ2) is 4.11. The van der Waals surface area contributed by atoms with Gasteiger partial charge >= 0.3 is 0 Å². The van der Waals surface area contributed by atoms with Crippen LogP contribution in [0.2, 0.25) is 0 Å². The molecule has 3 heteroatoms. The minimum Gasteiger partial charge on any atom is -0.350 e. The van der Waals surface area contributed by atoms with Crippen molar-refractivity contribution in [3.05, 3.63) is 59.5 Å². The van der Waals surface area contributed by atoms with Crippen molar-refractivity contribution in [3.63, 3.8) is 0 Å². The minimum atomic E-state index is 0.669. The van der Waals surface area contributed by atoms with Gasteiger partial charge in [0.1, 0.15) is 10.3 Å². The number of hydrogen-bond donors (Lipinski definition) is 1. The zero-order chi connectivity index (χ0) is 11.7. The normalized spacial score (nSPS) is 10.6. The van der Waals surface area contributed by atoms with E-state index in [1.54, 1.807) is 12.4 Å². The zero-order valence-corrected chi connectivity index (χ0v) is 9.87. The number of nitrogens with one attached hydrogen (secondary N) is 1. The number of nitrogens with zero attached hydrogens (tertiary/aromatic N) is 1. The fourth-order valence-electron chi connectivity index (χ4n) is 1.89. The van der Waals surface area contributed by atoms with Crippen LogP contribution in [0.25, 0.3) is 22.0 Å². The van der Waals surface area contributed by atoms with Crippen LogP contribution in [0.4, 0.5) is 0 Å². The van der Waals surface area contributed by atoms with Crippen LogP contribution in [0.5, 0.6) is 0 Å². The van der Waals surface area contributed by atoms with E-state index in [4.69, 9.17) is 12.2 Å². The number of hydrogen-bond acceptors (Lipinski definition) is 2. The van der Waals surface area contributed by atoms with E-state index >= 15 is 0 Å². The van der Waals surface area contributed by atoms with Crippen molar-refractivity contribution in [2.24, 2.45) is 0 Å². The van der Waals surface area contributed by atoms with Crippen LogP contribution in [0.1, 0.15) is 0 Å². The molecule has 0 aliphatic heterocycles. The molecule has 0 atom stereocenters. The van der Waals surface area contributed by atoms with Crippen LogP contribution in [-0.4, -0.2) is 9.97 Å². The summed E-state index contributed by atoms with van der Waals surface area (Å²) in [6.07, 6.45) is 3.47. The van der Waals surface area contributed by atoms with Crippen LogP contribution in [0, 0.1) is 4.64 Å². The number of H-pyrrole nitrogens is 1. The summed E-state index contributed by atoms with van der Waals surface area (Å²) in [5.41, 5.74) is 1.87. The molecule has 2 nitrogen and oxygen atoms in total. The van der Waals surface area contributed by atoms with E-state index in [0.29, 0.717) is 4.64 Å². The third kappa shape index (κ3) is 1.85. The summed E-state index contributed by atoms with van der Waals surface area (Å²) in [5, 5.41) is 2.42. The smallest absolute Gasteiger partial charge is 0.129 e. The fraction of sp³-hybridized carbons (Fsp3) is 0. The molecule has 1 N–H and O–H groups in total. The van der Waals surface area contributed by atoms with Crippen molar-refractivity contribution in [2.75, 3.05) is 0 Å². The van der Waals surface area contributed by atoms with E-state index in [1.807, 2.05) is 18.2 Å². The molecule has 0 radical (unpaired) electrons. The summed E-state index contributed by atoms with van der Waals surface area (Å²) < 4.78 is 0.669. The van der Waals surface area contributed by atoms with E-state index in [9.17, 15) is 0 Å². The Hall–Kier alpha value is -2.00. The first-order valence-electron chi connectivity index (χ1n) is 5.37. The Morgan fingerprint density at radius 3 is 2.65 bits per heavy atom. The van der Waals surface area contributed by atoms with Gasteiger partial charge < -0.3 is 4.98 Å². The maximum atomic E-state index is 5.24. The van der Waals surface area contributed by atoms with Gasteiger partial charge in [0.2, 0.25) is 0 Å². The molecule has 0 bridgehead atoms. The molecule has 0 fully saturated rings. The van der Waals surface area contributed by atoms with Crippen molar-refractivity contribution < 1.29 is 0 Å². The molecule has 0 saturated carbocycles. The second-order valence-electron chi connectivity index (χ2n) is 3.83. The van der Waals surface area contributed by atoms with E-state index in [0.717, 1.165) is 11.3 Å². The summed E-state index contributed by atoms with van der Waals surface area (Å²) in [5.74, 6) is 0. The summed E-state index contributed by atoms with van der Waals surface area (Å²) in [6.45, 7) is 0. The second-order valence-corrected chi connectivity index (χ2v) is 4.24. The summed E-state index contributed by atoms with van der Waals surface area (Å²) in [6, 6.07) is 14.5. The predicted octanol–water partition coefficient (Wildman–Crippen LogP) is 3.96. The highest BCUT2D eigenvalue weighted by Crippen LogP contribution is 2.22. The van der Waals surface area contributed by atoms with Crippen LogP contribution >= 0.6 is 12.2 Å². The molecule has 0 aliphatic carbocycles. The van der Waals surface area contributed by atoms with E-state index in [1.165, 1.54) is 10.8 Å². The molecular formula is C14H10N2S. The van der Waals surface area contributed by atoms with Crippen LogP contribution in [0.3, 0.4) is 0 Å². The first-order valence-corrected chi connectivity index (χ1v) is 5.78. The number of benzene rings is 2. The Morgan fingerprint density at radius 2 is 1.82 bits per heavy atom. The molecule has 0 saturated heterocycles. The van der Waals surface area contributed by atoms with Crippen LogP contribution in [0.15, 0.2) is 54.9 Å². The minimum absolute atomic E-state index is 0.669. The van der Waals surface area contributed by atoms with Gasteiger partial charge in [0.05, 0.1) is 0 Å². The van der Waals surface area contributed by atoms with Gasteiger partial charge in [0.25, 0.3) is 0 Å². The molecule has 2 aromatic carbocycles. The lowest BCUT2D eigenvalue weighted by Gasteiger charge is -2.03. The molecule has 17 heavy (non-hydrogen) atoms. The lowest BCUT2D eigenvalue weighted by Crippen LogP contribution is -1.86. The molecule has 1 aromatic heterocycles. The van der Waals surface area contributed by atoms with Gasteiger partial charge in [-0.3, -0.25) is 4.98 Å².